The SMILES string of the molecule is CC(N(C)Cc1cccc(CNC2CC2)c1)C(C)(C)C. The van der Waals surface area contributed by atoms with Gasteiger partial charge >= 0.3 is 0 Å². The van der Waals surface area contributed by atoms with Gasteiger partial charge < -0.3 is 5.32 Å². The van der Waals surface area contributed by atoms with Gasteiger partial charge in [-0.2, -0.15) is 0 Å². The molecular weight excluding hydrogens is 244 g/mol. The molecule has 0 radical (unpaired) electrons. The van der Waals surface area contributed by atoms with Crippen LogP contribution in [0.4, 0.5) is 0 Å². The molecule has 1 aromatic rings. The Morgan fingerprint density at radius 2 is 1.90 bits per heavy atom. The van der Waals surface area contributed by atoms with Gasteiger partial charge in [-0.1, -0.05) is 45.0 Å². The van der Waals surface area contributed by atoms with Gasteiger partial charge in [-0.15, -0.1) is 0 Å². The van der Waals surface area contributed by atoms with E-state index in [1.807, 2.05) is 0 Å². The molecule has 0 bridgehead atoms. The third-order valence-corrected chi connectivity index (χ3v) is 4.51. The molecule has 0 saturated heterocycles. The molecule has 112 valence electrons. The lowest BCUT2D eigenvalue weighted by molar-refractivity contribution is 0.134. The average Bonchev–Trinajstić information content (AvgIpc) is 3.19. The number of hydrogen-bond donors (Lipinski definition) is 1. The lowest BCUT2D eigenvalue weighted by atomic mass is 9.87. The normalized spacial score (nSPS) is 17.5. The van der Waals surface area contributed by atoms with Gasteiger partial charge in [0.15, 0.2) is 0 Å². The van der Waals surface area contributed by atoms with Crippen LogP contribution in [0.1, 0.15) is 51.7 Å². The van der Waals surface area contributed by atoms with Gasteiger partial charge in [0.05, 0.1) is 0 Å². The first kappa shape index (κ1) is 15.5. The van der Waals surface area contributed by atoms with Crippen LogP contribution in [0.3, 0.4) is 0 Å². The molecule has 1 unspecified atom stereocenters. The zero-order valence-electron chi connectivity index (χ0n) is 13.7. The van der Waals surface area contributed by atoms with Crippen LogP contribution < -0.4 is 5.32 Å². The molecule has 1 N–H and O–H groups in total. The van der Waals surface area contributed by atoms with Gasteiger partial charge in [0.25, 0.3) is 0 Å². The van der Waals surface area contributed by atoms with Gasteiger partial charge in [0, 0.05) is 25.2 Å². The summed E-state index contributed by atoms with van der Waals surface area (Å²) in [6, 6.07) is 10.4. The molecule has 0 spiro atoms. The van der Waals surface area contributed by atoms with E-state index in [0.29, 0.717) is 11.5 Å². The number of benzene rings is 1. The van der Waals surface area contributed by atoms with Gasteiger partial charge in [0.1, 0.15) is 0 Å². The molecule has 1 fully saturated rings. The van der Waals surface area contributed by atoms with Crippen molar-refractivity contribution < 1.29 is 0 Å². The van der Waals surface area contributed by atoms with Crippen molar-refractivity contribution in [1.29, 1.82) is 0 Å². The third kappa shape index (κ3) is 4.60. The Kier molecular flexibility index (Phi) is 4.87. The second kappa shape index (κ2) is 6.28. The van der Waals surface area contributed by atoms with Gasteiger partial charge in [-0.3, -0.25) is 4.90 Å². The molecule has 20 heavy (non-hydrogen) atoms. The average molecular weight is 274 g/mol. The highest BCUT2D eigenvalue weighted by Gasteiger charge is 2.24. The van der Waals surface area contributed by atoms with Gasteiger partial charge in [-0.05, 0) is 43.4 Å². The summed E-state index contributed by atoms with van der Waals surface area (Å²) in [6.07, 6.45) is 2.71. The fraction of sp³-hybridized carbons (Fsp3) is 0.667. The first-order valence-corrected chi connectivity index (χ1v) is 7.87. The summed E-state index contributed by atoms with van der Waals surface area (Å²) >= 11 is 0. The van der Waals surface area contributed by atoms with Crippen LogP contribution in [0.2, 0.25) is 0 Å². The summed E-state index contributed by atoms with van der Waals surface area (Å²) in [5.74, 6) is 0. The minimum Gasteiger partial charge on any atom is -0.310 e. The maximum absolute atomic E-state index is 3.59. The van der Waals surface area contributed by atoms with Gasteiger partial charge in [0.2, 0.25) is 0 Å². The van der Waals surface area contributed by atoms with Crippen LogP contribution in [0, 0.1) is 5.41 Å². The second-order valence-electron chi connectivity index (χ2n) is 7.43. The minimum absolute atomic E-state index is 0.319. The molecule has 0 aromatic heterocycles. The van der Waals surface area contributed by atoms with E-state index in [9.17, 15) is 0 Å². The topological polar surface area (TPSA) is 15.3 Å². The molecule has 1 aliphatic carbocycles. The zero-order chi connectivity index (χ0) is 14.8. The molecule has 2 nitrogen and oxygen atoms in total. The molecular formula is C18H30N2. The zero-order valence-corrected chi connectivity index (χ0v) is 13.7. The van der Waals surface area contributed by atoms with E-state index >= 15 is 0 Å². The highest BCUT2D eigenvalue weighted by molar-refractivity contribution is 5.23. The van der Waals surface area contributed by atoms with E-state index in [4.69, 9.17) is 0 Å². The molecule has 0 heterocycles. The van der Waals surface area contributed by atoms with E-state index in [1.54, 1.807) is 0 Å². The third-order valence-electron chi connectivity index (χ3n) is 4.51. The van der Waals surface area contributed by atoms with Crippen molar-refractivity contribution in [2.24, 2.45) is 5.41 Å². The fourth-order valence-corrected chi connectivity index (χ4v) is 2.47. The number of rotatable bonds is 6. The van der Waals surface area contributed by atoms with Crippen molar-refractivity contribution in [2.45, 2.75) is 65.7 Å². The standard InChI is InChI=1S/C18H30N2/c1-14(18(2,3)4)20(5)13-16-8-6-7-15(11-16)12-19-17-9-10-17/h6-8,11,14,17,19H,9-10,12-13H2,1-5H3. The summed E-state index contributed by atoms with van der Waals surface area (Å²) in [5.41, 5.74) is 3.14. The number of nitrogens with one attached hydrogen (secondary N) is 1. The minimum atomic E-state index is 0.319. The lowest BCUT2D eigenvalue weighted by Crippen LogP contribution is -2.38. The van der Waals surface area contributed by atoms with Crippen LogP contribution in [-0.4, -0.2) is 24.0 Å². The Bertz CT molecular complexity index is 429. The van der Waals surface area contributed by atoms with Crippen LogP contribution in [0.25, 0.3) is 0 Å². The van der Waals surface area contributed by atoms with Crippen molar-refractivity contribution in [1.82, 2.24) is 10.2 Å². The summed E-state index contributed by atoms with van der Waals surface area (Å²) in [4.78, 5) is 2.45. The predicted molar refractivity (Wildman–Crippen MR) is 86.7 cm³/mol. The summed E-state index contributed by atoms with van der Waals surface area (Å²) in [6.45, 7) is 11.3. The van der Waals surface area contributed by atoms with Crippen LogP contribution >= 0.6 is 0 Å². The maximum Gasteiger partial charge on any atom is 0.0233 e. The highest BCUT2D eigenvalue weighted by atomic mass is 15.1. The Morgan fingerprint density at radius 1 is 1.25 bits per heavy atom. The predicted octanol–water partition coefficient (Wildman–Crippen LogP) is 3.81. The first-order chi connectivity index (χ1) is 9.36. The summed E-state index contributed by atoms with van der Waals surface area (Å²) < 4.78 is 0. The summed E-state index contributed by atoms with van der Waals surface area (Å²) in [5, 5.41) is 3.59. The number of hydrogen-bond acceptors (Lipinski definition) is 2. The monoisotopic (exact) mass is 274 g/mol. The Labute approximate surface area is 124 Å². The molecule has 1 atom stereocenters. The molecule has 2 rings (SSSR count). The molecule has 0 amide bonds. The van der Waals surface area contributed by atoms with E-state index < -0.39 is 0 Å². The summed E-state index contributed by atoms with van der Waals surface area (Å²) in [7, 11) is 2.23. The van der Waals surface area contributed by atoms with Crippen LogP contribution in [0.15, 0.2) is 24.3 Å². The van der Waals surface area contributed by atoms with E-state index in [1.165, 1.54) is 24.0 Å². The van der Waals surface area contributed by atoms with Crippen molar-refractivity contribution in [2.75, 3.05) is 7.05 Å². The Morgan fingerprint density at radius 3 is 2.50 bits per heavy atom. The quantitative estimate of drug-likeness (QED) is 0.848. The van der Waals surface area contributed by atoms with E-state index in [0.717, 1.165) is 19.1 Å². The van der Waals surface area contributed by atoms with Crippen LogP contribution in [0.5, 0.6) is 0 Å². The van der Waals surface area contributed by atoms with E-state index in [-0.39, 0.29) is 0 Å². The first-order valence-electron chi connectivity index (χ1n) is 7.87. The molecule has 1 aromatic carbocycles. The van der Waals surface area contributed by atoms with Crippen molar-refractivity contribution >= 4 is 0 Å². The lowest BCUT2D eigenvalue weighted by Gasteiger charge is -2.35. The van der Waals surface area contributed by atoms with Crippen molar-refractivity contribution in [3.8, 4) is 0 Å². The highest BCUT2D eigenvalue weighted by Crippen LogP contribution is 2.24. The van der Waals surface area contributed by atoms with Crippen molar-refractivity contribution in [3.63, 3.8) is 0 Å². The Balaban J connectivity index is 1.92. The molecule has 1 aliphatic rings. The fourth-order valence-electron chi connectivity index (χ4n) is 2.47. The second-order valence-corrected chi connectivity index (χ2v) is 7.43. The smallest absolute Gasteiger partial charge is 0.0233 e. The molecule has 0 aliphatic heterocycles. The van der Waals surface area contributed by atoms with Crippen LogP contribution in [-0.2, 0) is 13.1 Å². The van der Waals surface area contributed by atoms with E-state index in [2.05, 4.69) is 69.2 Å². The largest absolute Gasteiger partial charge is 0.310 e. The van der Waals surface area contributed by atoms with Crippen molar-refractivity contribution in [3.05, 3.63) is 35.4 Å². The molecule has 1 saturated carbocycles. The van der Waals surface area contributed by atoms with Gasteiger partial charge in [-0.25, -0.2) is 0 Å². The Hall–Kier alpha value is -0.860. The maximum atomic E-state index is 3.59. The number of nitrogens with zero attached hydrogens (tertiary/aromatic N) is 1. The molecule has 2 heteroatoms.